The van der Waals surface area contributed by atoms with Crippen molar-refractivity contribution in [2.75, 3.05) is 6.54 Å². The van der Waals surface area contributed by atoms with Gasteiger partial charge in [-0.1, -0.05) is 19.1 Å². The molecule has 3 aromatic rings. The quantitative estimate of drug-likeness (QED) is 0.760. The Morgan fingerprint density at radius 3 is 2.78 bits per heavy atom. The van der Waals surface area contributed by atoms with Crippen LogP contribution in [0.4, 0.5) is 0 Å². The number of carbonyl (C=O) groups is 1. The summed E-state index contributed by atoms with van der Waals surface area (Å²) in [5.41, 5.74) is 4.38. The highest BCUT2D eigenvalue weighted by Gasteiger charge is 2.12. The number of hydrogen-bond donors (Lipinski definition) is 2. The average Bonchev–Trinajstić information content (AvgIpc) is 3.10. The van der Waals surface area contributed by atoms with Gasteiger partial charge in [-0.05, 0) is 36.2 Å². The molecular weight excluding hydrogens is 288 g/mol. The third kappa shape index (κ3) is 3.29. The average molecular weight is 306 g/mol. The first-order chi connectivity index (χ1) is 11.3. The Bertz CT molecular complexity index is 796. The molecule has 5 nitrogen and oxygen atoms in total. The van der Waals surface area contributed by atoms with Crippen LogP contribution in [0.2, 0.25) is 0 Å². The van der Waals surface area contributed by atoms with Crippen molar-refractivity contribution >= 4 is 5.91 Å². The highest BCUT2D eigenvalue weighted by atomic mass is 16.1. The topological polar surface area (TPSA) is 70.7 Å². The standard InChI is InChI=1S/C18H18N4O/c1-2-8-20-18(23)15-5-3-4-14(11-15)17-16(12-21-22-17)13-6-9-19-10-7-13/h3-7,9-12H,2,8H2,1H3,(H,20,23)(H,21,22). The van der Waals surface area contributed by atoms with Gasteiger partial charge in [-0.3, -0.25) is 14.9 Å². The Hall–Kier alpha value is -2.95. The molecule has 1 aromatic carbocycles. The van der Waals surface area contributed by atoms with Gasteiger partial charge in [0.1, 0.15) is 0 Å². The summed E-state index contributed by atoms with van der Waals surface area (Å²) in [6.45, 7) is 2.70. The van der Waals surface area contributed by atoms with Gasteiger partial charge in [0.2, 0.25) is 0 Å². The third-order valence-electron chi connectivity index (χ3n) is 3.57. The molecule has 0 saturated heterocycles. The van der Waals surface area contributed by atoms with Crippen molar-refractivity contribution in [3.63, 3.8) is 0 Å². The van der Waals surface area contributed by atoms with Crippen molar-refractivity contribution in [1.82, 2.24) is 20.5 Å². The number of aromatic nitrogens is 3. The van der Waals surface area contributed by atoms with Crippen LogP contribution in [0.15, 0.2) is 55.0 Å². The molecule has 0 fully saturated rings. The summed E-state index contributed by atoms with van der Waals surface area (Å²) >= 11 is 0. The largest absolute Gasteiger partial charge is 0.352 e. The van der Waals surface area contributed by atoms with E-state index in [1.807, 2.05) is 49.5 Å². The van der Waals surface area contributed by atoms with E-state index in [0.717, 1.165) is 28.8 Å². The summed E-state index contributed by atoms with van der Waals surface area (Å²) in [4.78, 5) is 16.2. The minimum atomic E-state index is -0.0605. The lowest BCUT2D eigenvalue weighted by Crippen LogP contribution is -2.23. The van der Waals surface area contributed by atoms with Gasteiger partial charge in [0.05, 0.1) is 5.69 Å². The van der Waals surface area contributed by atoms with E-state index in [0.29, 0.717) is 12.1 Å². The molecule has 0 aliphatic rings. The molecule has 2 heterocycles. The lowest BCUT2D eigenvalue weighted by Gasteiger charge is -2.06. The monoisotopic (exact) mass is 306 g/mol. The van der Waals surface area contributed by atoms with Crippen LogP contribution in [0.1, 0.15) is 23.7 Å². The van der Waals surface area contributed by atoms with Gasteiger partial charge in [0.15, 0.2) is 0 Å². The summed E-state index contributed by atoms with van der Waals surface area (Å²) < 4.78 is 0. The fourth-order valence-corrected chi connectivity index (χ4v) is 2.41. The van der Waals surface area contributed by atoms with E-state index in [-0.39, 0.29) is 5.91 Å². The smallest absolute Gasteiger partial charge is 0.251 e. The second-order valence-electron chi connectivity index (χ2n) is 5.22. The molecule has 0 bridgehead atoms. The van der Waals surface area contributed by atoms with Gasteiger partial charge in [-0.15, -0.1) is 0 Å². The molecule has 0 radical (unpaired) electrons. The number of nitrogens with zero attached hydrogens (tertiary/aromatic N) is 2. The summed E-state index contributed by atoms with van der Waals surface area (Å²) in [5.74, 6) is -0.0605. The molecule has 2 N–H and O–H groups in total. The van der Waals surface area contributed by atoms with Crippen molar-refractivity contribution in [2.45, 2.75) is 13.3 Å². The molecule has 0 saturated carbocycles. The molecule has 23 heavy (non-hydrogen) atoms. The number of H-pyrrole nitrogens is 1. The minimum absolute atomic E-state index is 0.0605. The lowest BCUT2D eigenvalue weighted by molar-refractivity contribution is 0.0953. The Kier molecular flexibility index (Phi) is 4.47. The summed E-state index contributed by atoms with van der Waals surface area (Å²) in [6.07, 6.45) is 6.27. The zero-order valence-corrected chi connectivity index (χ0v) is 12.9. The Labute approximate surface area is 134 Å². The molecule has 5 heteroatoms. The van der Waals surface area contributed by atoms with Crippen molar-refractivity contribution in [1.29, 1.82) is 0 Å². The molecule has 0 spiro atoms. The van der Waals surface area contributed by atoms with Crippen LogP contribution >= 0.6 is 0 Å². The molecule has 0 unspecified atom stereocenters. The number of hydrogen-bond acceptors (Lipinski definition) is 3. The minimum Gasteiger partial charge on any atom is -0.352 e. The van der Waals surface area contributed by atoms with Gasteiger partial charge >= 0.3 is 0 Å². The second-order valence-corrected chi connectivity index (χ2v) is 5.22. The predicted molar refractivity (Wildman–Crippen MR) is 89.9 cm³/mol. The van der Waals surface area contributed by atoms with E-state index in [2.05, 4.69) is 20.5 Å². The lowest BCUT2D eigenvalue weighted by atomic mass is 10.0. The molecular formula is C18H18N4O. The molecule has 3 rings (SSSR count). The Morgan fingerprint density at radius 2 is 2.00 bits per heavy atom. The molecule has 2 aromatic heterocycles. The van der Waals surface area contributed by atoms with Crippen molar-refractivity contribution < 1.29 is 4.79 Å². The van der Waals surface area contributed by atoms with Gasteiger partial charge < -0.3 is 5.32 Å². The third-order valence-corrected chi connectivity index (χ3v) is 3.57. The first-order valence-corrected chi connectivity index (χ1v) is 7.62. The number of amides is 1. The summed E-state index contributed by atoms with van der Waals surface area (Å²) in [5, 5.41) is 10.1. The van der Waals surface area contributed by atoms with Crippen LogP contribution in [0.5, 0.6) is 0 Å². The number of carbonyl (C=O) groups excluding carboxylic acids is 1. The van der Waals surface area contributed by atoms with Gasteiger partial charge in [0.25, 0.3) is 5.91 Å². The predicted octanol–water partition coefficient (Wildman–Crippen LogP) is 3.28. The SMILES string of the molecule is CCCNC(=O)c1cccc(-c2n[nH]cc2-c2ccncc2)c1. The van der Waals surface area contributed by atoms with E-state index in [1.165, 1.54) is 0 Å². The van der Waals surface area contributed by atoms with Crippen LogP contribution in [0.25, 0.3) is 22.4 Å². The zero-order chi connectivity index (χ0) is 16.1. The fraction of sp³-hybridized carbons (Fsp3) is 0.167. The van der Waals surface area contributed by atoms with Gasteiger partial charge in [-0.25, -0.2) is 0 Å². The van der Waals surface area contributed by atoms with Crippen LogP contribution in [-0.2, 0) is 0 Å². The normalized spacial score (nSPS) is 10.5. The number of pyridine rings is 1. The van der Waals surface area contributed by atoms with Crippen molar-refractivity contribution in [3.8, 4) is 22.4 Å². The Balaban J connectivity index is 1.95. The fourth-order valence-electron chi connectivity index (χ4n) is 2.41. The van der Waals surface area contributed by atoms with Crippen LogP contribution in [0, 0.1) is 0 Å². The molecule has 0 aliphatic carbocycles. The number of nitrogens with one attached hydrogen (secondary N) is 2. The van der Waals surface area contributed by atoms with Gasteiger partial charge in [0, 0.05) is 41.8 Å². The molecule has 0 aliphatic heterocycles. The highest BCUT2D eigenvalue weighted by molar-refractivity contribution is 5.95. The summed E-state index contributed by atoms with van der Waals surface area (Å²) in [7, 11) is 0. The van der Waals surface area contributed by atoms with Crippen molar-refractivity contribution in [2.24, 2.45) is 0 Å². The second kappa shape index (κ2) is 6.87. The van der Waals surface area contributed by atoms with E-state index in [9.17, 15) is 4.79 Å². The maximum Gasteiger partial charge on any atom is 0.251 e. The van der Waals surface area contributed by atoms with Crippen LogP contribution in [-0.4, -0.2) is 27.6 Å². The number of benzene rings is 1. The number of aromatic amines is 1. The van der Waals surface area contributed by atoms with Crippen molar-refractivity contribution in [3.05, 3.63) is 60.6 Å². The molecule has 116 valence electrons. The Morgan fingerprint density at radius 1 is 1.17 bits per heavy atom. The first kappa shape index (κ1) is 15.0. The van der Waals surface area contributed by atoms with E-state index in [1.54, 1.807) is 12.4 Å². The highest BCUT2D eigenvalue weighted by Crippen LogP contribution is 2.30. The molecule has 1 amide bonds. The van der Waals surface area contributed by atoms with E-state index < -0.39 is 0 Å². The maximum absolute atomic E-state index is 12.1. The van der Waals surface area contributed by atoms with Crippen LogP contribution < -0.4 is 5.32 Å². The van der Waals surface area contributed by atoms with Crippen LogP contribution in [0.3, 0.4) is 0 Å². The van der Waals surface area contributed by atoms with E-state index >= 15 is 0 Å². The van der Waals surface area contributed by atoms with E-state index in [4.69, 9.17) is 0 Å². The number of rotatable bonds is 5. The summed E-state index contributed by atoms with van der Waals surface area (Å²) in [6, 6.07) is 11.4. The maximum atomic E-state index is 12.1. The molecule has 0 atom stereocenters. The zero-order valence-electron chi connectivity index (χ0n) is 12.9. The van der Waals surface area contributed by atoms with Gasteiger partial charge in [-0.2, -0.15) is 5.10 Å². The first-order valence-electron chi connectivity index (χ1n) is 7.62.